The van der Waals surface area contributed by atoms with Crippen LogP contribution in [0.25, 0.3) is 5.65 Å². The van der Waals surface area contributed by atoms with E-state index in [-0.39, 0.29) is 5.41 Å². The number of nitrogens with zero attached hydrogens (tertiary/aromatic N) is 2. The first-order chi connectivity index (χ1) is 7.95. The molecule has 0 amide bonds. The monoisotopic (exact) mass is 251 g/mol. The lowest BCUT2D eigenvalue weighted by atomic mass is 9.90. The van der Waals surface area contributed by atoms with Gasteiger partial charge in [0.2, 0.25) is 0 Å². The number of rotatable bonds is 2. The standard InChI is InChI=1S/C13H18ClN3/c1-13(2,3)12-9(7-8-15)17-10(14)5-4-6-11(17)16-12/h4-6H,7-8,15H2,1-3H3. The van der Waals surface area contributed by atoms with Crippen molar-refractivity contribution in [3.05, 3.63) is 34.7 Å². The average Bonchev–Trinajstić information content (AvgIpc) is 2.59. The Hall–Kier alpha value is -1.06. The number of imidazole rings is 1. The van der Waals surface area contributed by atoms with Gasteiger partial charge in [-0.15, -0.1) is 0 Å². The van der Waals surface area contributed by atoms with Gasteiger partial charge in [-0.25, -0.2) is 4.98 Å². The predicted octanol–water partition coefficient (Wildman–Crippen LogP) is 2.79. The number of halogens is 1. The first-order valence-corrected chi connectivity index (χ1v) is 6.19. The molecule has 0 saturated heterocycles. The van der Waals surface area contributed by atoms with Gasteiger partial charge in [-0.1, -0.05) is 38.4 Å². The fraction of sp³-hybridized carbons (Fsp3) is 0.462. The predicted molar refractivity (Wildman–Crippen MR) is 71.7 cm³/mol. The molecule has 0 aromatic carbocycles. The van der Waals surface area contributed by atoms with Crippen LogP contribution in [0, 0.1) is 0 Å². The van der Waals surface area contributed by atoms with Gasteiger partial charge in [0, 0.05) is 17.5 Å². The molecule has 2 aromatic rings. The fourth-order valence-corrected chi connectivity index (χ4v) is 2.34. The van der Waals surface area contributed by atoms with E-state index in [4.69, 9.17) is 17.3 Å². The maximum atomic E-state index is 6.24. The summed E-state index contributed by atoms with van der Waals surface area (Å²) in [4.78, 5) is 4.69. The SMILES string of the molecule is CC(C)(C)c1nc2cccc(Cl)n2c1CCN. The Morgan fingerprint density at radius 3 is 2.65 bits per heavy atom. The molecule has 17 heavy (non-hydrogen) atoms. The van der Waals surface area contributed by atoms with Crippen LogP contribution in [0.2, 0.25) is 5.15 Å². The van der Waals surface area contributed by atoms with Crippen molar-refractivity contribution in [1.82, 2.24) is 9.38 Å². The molecule has 0 radical (unpaired) electrons. The maximum absolute atomic E-state index is 6.24. The number of fused-ring (bicyclic) bond motifs is 1. The second-order valence-electron chi connectivity index (χ2n) is 5.24. The quantitative estimate of drug-likeness (QED) is 0.834. The van der Waals surface area contributed by atoms with Gasteiger partial charge < -0.3 is 5.73 Å². The van der Waals surface area contributed by atoms with Crippen molar-refractivity contribution in [2.45, 2.75) is 32.6 Å². The van der Waals surface area contributed by atoms with E-state index in [1.807, 2.05) is 22.6 Å². The fourth-order valence-electron chi connectivity index (χ4n) is 2.08. The minimum Gasteiger partial charge on any atom is -0.330 e. The highest BCUT2D eigenvalue weighted by molar-refractivity contribution is 6.29. The molecule has 2 N–H and O–H groups in total. The highest BCUT2D eigenvalue weighted by Gasteiger charge is 2.23. The van der Waals surface area contributed by atoms with E-state index in [2.05, 4.69) is 25.8 Å². The van der Waals surface area contributed by atoms with E-state index in [9.17, 15) is 0 Å². The number of pyridine rings is 1. The zero-order chi connectivity index (χ0) is 12.6. The summed E-state index contributed by atoms with van der Waals surface area (Å²) >= 11 is 6.24. The van der Waals surface area contributed by atoms with Gasteiger partial charge in [-0.2, -0.15) is 0 Å². The maximum Gasteiger partial charge on any atom is 0.138 e. The van der Waals surface area contributed by atoms with Crippen LogP contribution in [-0.2, 0) is 11.8 Å². The van der Waals surface area contributed by atoms with Crippen LogP contribution in [0.5, 0.6) is 0 Å². The van der Waals surface area contributed by atoms with Crippen LogP contribution in [-0.4, -0.2) is 15.9 Å². The van der Waals surface area contributed by atoms with Crippen molar-refractivity contribution in [2.75, 3.05) is 6.54 Å². The zero-order valence-corrected chi connectivity index (χ0v) is 11.3. The molecule has 2 rings (SSSR count). The van der Waals surface area contributed by atoms with E-state index in [1.54, 1.807) is 0 Å². The van der Waals surface area contributed by atoms with Crippen LogP contribution < -0.4 is 5.73 Å². The summed E-state index contributed by atoms with van der Waals surface area (Å²) in [6.45, 7) is 7.07. The second kappa shape index (κ2) is 4.31. The lowest BCUT2D eigenvalue weighted by molar-refractivity contribution is 0.563. The summed E-state index contributed by atoms with van der Waals surface area (Å²) in [5.41, 5.74) is 8.79. The average molecular weight is 252 g/mol. The van der Waals surface area contributed by atoms with Crippen molar-refractivity contribution >= 4 is 17.2 Å². The highest BCUT2D eigenvalue weighted by Crippen LogP contribution is 2.28. The Morgan fingerprint density at radius 2 is 2.06 bits per heavy atom. The van der Waals surface area contributed by atoms with Crippen molar-refractivity contribution < 1.29 is 0 Å². The summed E-state index contributed by atoms with van der Waals surface area (Å²) < 4.78 is 2.00. The van der Waals surface area contributed by atoms with Gasteiger partial charge in [0.15, 0.2) is 0 Å². The molecule has 0 aliphatic heterocycles. The molecule has 2 heterocycles. The summed E-state index contributed by atoms with van der Waals surface area (Å²) in [5.74, 6) is 0. The van der Waals surface area contributed by atoms with E-state index in [1.165, 1.54) is 0 Å². The Morgan fingerprint density at radius 1 is 1.35 bits per heavy atom. The van der Waals surface area contributed by atoms with Gasteiger partial charge in [0.1, 0.15) is 10.8 Å². The number of aromatic nitrogens is 2. The van der Waals surface area contributed by atoms with Crippen molar-refractivity contribution in [3.8, 4) is 0 Å². The van der Waals surface area contributed by atoms with Crippen LogP contribution in [0.1, 0.15) is 32.2 Å². The summed E-state index contributed by atoms with van der Waals surface area (Å²) in [5, 5.41) is 0.689. The summed E-state index contributed by atoms with van der Waals surface area (Å²) in [6, 6.07) is 5.77. The Labute approximate surface area is 107 Å². The molecule has 0 aliphatic rings. The molecule has 0 bridgehead atoms. The first kappa shape index (κ1) is 12.4. The van der Waals surface area contributed by atoms with Gasteiger partial charge in [0.05, 0.1) is 5.69 Å². The third kappa shape index (κ3) is 2.17. The normalized spacial score (nSPS) is 12.3. The lowest BCUT2D eigenvalue weighted by Gasteiger charge is -2.17. The topological polar surface area (TPSA) is 43.3 Å². The molecule has 3 nitrogen and oxygen atoms in total. The minimum absolute atomic E-state index is 0.000147. The van der Waals surface area contributed by atoms with E-state index >= 15 is 0 Å². The van der Waals surface area contributed by atoms with E-state index < -0.39 is 0 Å². The molecular formula is C13H18ClN3. The molecule has 0 fully saturated rings. The van der Waals surface area contributed by atoms with Gasteiger partial charge in [0.25, 0.3) is 0 Å². The third-order valence-corrected chi connectivity index (χ3v) is 3.08. The second-order valence-corrected chi connectivity index (χ2v) is 5.63. The first-order valence-electron chi connectivity index (χ1n) is 5.81. The van der Waals surface area contributed by atoms with Crippen LogP contribution in [0.3, 0.4) is 0 Å². The van der Waals surface area contributed by atoms with Gasteiger partial charge in [-0.3, -0.25) is 4.40 Å². The highest BCUT2D eigenvalue weighted by atomic mass is 35.5. The molecule has 0 unspecified atom stereocenters. The molecule has 0 saturated carbocycles. The molecule has 92 valence electrons. The molecule has 2 aromatic heterocycles. The van der Waals surface area contributed by atoms with Crippen molar-refractivity contribution in [2.24, 2.45) is 5.73 Å². The molecular weight excluding hydrogens is 234 g/mol. The van der Waals surface area contributed by atoms with Crippen molar-refractivity contribution in [1.29, 1.82) is 0 Å². The largest absolute Gasteiger partial charge is 0.330 e. The summed E-state index contributed by atoms with van der Waals surface area (Å²) in [7, 11) is 0. The van der Waals surface area contributed by atoms with E-state index in [0.29, 0.717) is 11.7 Å². The van der Waals surface area contributed by atoms with Crippen LogP contribution in [0.15, 0.2) is 18.2 Å². The zero-order valence-electron chi connectivity index (χ0n) is 10.5. The summed E-state index contributed by atoms with van der Waals surface area (Å²) in [6.07, 6.45) is 0.789. The number of hydrogen-bond donors (Lipinski definition) is 1. The number of hydrogen-bond acceptors (Lipinski definition) is 2. The minimum atomic E-state index is -0.000147. The Bertz CT molecular complexity index is 537. The Kier molecular flexibility index (Phi) is 3.15. The Balaban J connectivity index is 2.76. The van der Waals surface area contributed by atoms with Gasteiger partial charge >= 0.3 is 0 Å². The molecule has 4 heteroatoms. The lowest BCUT2D eigenvalue weighted by Crippen LogP contribution is -2.17. The molecule has 0 spiro atoms. The van der Waals surface area contributed by atoms with Gasteiger partial charge in [-0.05, 0) is 18.7 Å². The van der Waals surface area contributed by atoms with Crippen LogP contribution >= 0.6 is 11.6 Å². The molecule has 0 atom stereocenters. The van der Waals surface area contributed by atoms with Crippen LogP contribution in [0.4, 0.5) is 0 Å². The number of nitrogens with two attached hydrogens (primary N) is 1. The van der Waals surface area contributed by atoms with Crippen molar-refractivity contribution in [3.63, 3.8) is 0 Å². The third-order valence-electron chi connectivity index (χ3n) is 2.78. The van der Waals surface area contributed by atoms with E-state index in [0.717, 1.165) is 23.5 Å². The smallest absolute Gasteiger partial charge is 0.138 e. The molecule has 0 aliphatic carbocycles.